The number of pyridine rings is 1. The highest BCUT2D eigenvalue weighted by Gasteiger charge is 2.37. The fraction of sp³-hybridized carbons (Fsp3) is 0.281. The zero-order valence-electron chi connectivity index (χ0n) is 22.5. The molecule has 186 valence electrons. The van der Waals surface area contributed by atoms with Gasteiger partial charge in [-0.2, -0.15) is 0 Å². The number of benzene rings is 3. The van der Waals surface area contributed by atoms with E-state index in [4.69, 9.17) is 4.65 Å². The summed E-state index contributed by atoms with van der Waals surface area (Å²) in [5.74, 6) is 0. The van der Waals surface area contributed by atoms with Gasteiger partial charge < -0.3 is 14.3 Å². The maximum Gasteiger partial charge on any atom is 0.309 e. The van der Waals surface area contributed by atoms with Crippen molar-refractivity contribution in [1.29, 1.82) is 0 Å². The number of fused-ring (bicyclic) bond motifs is 6. The Kier molecular flexibility index (Phi) is 5.21. The van der Waals surface area contributed by atoms with Gasteiger partial charge in [-0.3, -0.25) is 4.98 Å². The average Bonchev–Trinajstić information content (AvgIpc) is 3.31. The van der Waals surface area contributed by atoms with Gasteiger partial charge in [0.2, 0.25) is 0 Å². The van der Waals surface area contributed by atoms with E-state index in [0.29, 0.717) is 7.48 Å². The molecule has 6 rings (SSSR count). The highest BCUT2D eigenvalue weighted by Crippen LogP contribution is 2.50. The van der Waals surface area contributed by atoms with Crippen LogP contribution in [0.4, 0.5) is 0 Å². The van der Waals surface area contributed by atoms with E-state index in [9.17, 15) is 5.11 Å². The molecule has 0 amide bonds. The summed E-state index contributed by atoms with van der Waals surface area (Å²) in [6.45, 7) is 12.0. The molecule has 5 aromatic rings. The number of nitrogens with zero attached hydrogens (tertiary/aromatic N) is 2. The molecule has 0 saturated heterocycles. The SMILES string of the molecule is CC1(C)c2ccccc2-c2cc3c4ccncc4n(-c4ccc(BOC(C)(C)C(C)(C)O)cc4)c3cc21. The quantitative estimate of drug-likeness (QED) is 0.308. The smallest absolute Gasteiger partial charge is 0.309 e. The van der Waals surface area contributed by atoms with Crippen LogP contribution in [0.5, 0.6) is 0 Å². The Labute approximate surface area is 219 Å². The Morgan fingerprint density at radius 3 is 2.30 bits per heavy atom. The number of hydrogen-bond acceptors (Lipinski definition) is 3. The van der Waals surface area contributed by atoms with Crippen molar-refractivity contribution in [3.8, 4) is 16.8 Å². The van der Waals surface area contributed by atoms with Gasteiger partial charge in [0.15, 0.2) is 0 Å². The molecule has 37 heavy (non-hydrogen) atoms. The molecule has 0 fully saturated rings. The van der Waals surface area contributed by atoms with Crippen LogP contribution in [0, 0.1) is 0 Å². The molecule has 0 radical (unpaired) electrons. The van der Waals surface area contributed by atoms with Gasteiger partial charge in [-0.05, 0) is 80.3 Å². The van der Waals surface area contributed by atoms with Crippen LogP contribution in [0.1, 0.15) is 52.7 Å². The largest absolute Gasteiger partial charge is 0.427 e. The summed E-state index contributed by atoms with van der Waals surface area (Å²) in [5, 5.41) is 12.9. The third-order valence-electron chi connectivity index (χ3n) is 8.54. The summed E-state index contributed by atoms with van der Waals surface area (Å²) in [6, 6.07) is 24.2. The summed E-state index contributed by atoms with van der Waals surface area (Å²) in [5.41, 5.74) is 8.19. The number of aliphatic hydroxyl groups is 1. The Bertz CT molecular complexity index is 1660. The first-order valence-electron chi connectivity index (χ1n) is 13.0. The van der Waals surface area contributed by atoms with Crippen LogP contribution >= 0.6 is 0 Å². The Hall–Kier alpha value is -3.41. The molecule has 0 unspecified atom stereocenters. The first kappa shape index (κ1) is 24.0. The standard InChI is InChI=1S/C32H33BN2O2/c1-30(2)26-10-8-7-9-22(26)24-17-25-23-15-16-34-19-29(23)35(28(25)18-27(24)30)21-13-11-20(12-14-21)33-37-32(5,6)31(3,4)36/h7-19,33,36H,1-6H3. The molecule has 0 bridgehead atoms. The van der Waals surface area contributed by atoms with Crippen molar-refractivity contribution in [2.24, 2.45) is 0 Å². The van der Waals surface area contributed by atoms with Gasteiger partial charge in [-0.1, -0.05) is 55.7 Å². The number of hydrogen-bond donors (Lipinski definition) is 1. The second-order valence-corrected chi connectivity index (χ2v) is 11.8. The first-order chi connectivity index (χ1) is 17.5. The number of aromatic nitrogens is 2. The highest BCUT2D eigenvalue weighted by atomic mass is 16.5. The van der Waals surface area contributed by atoms with Crippen LogP contribution in [-0.2, 0) is 10.1 Å². The first-order valence-corrected chi connectivity index (χ1v) is 13.0. The van der Waals surface area contributed by atoms with Gasteiger partial charge in [0.05, 0.1) is 28.4 Å². The minimum absolute atomic E-state index is 0.0614. The average molecular weight is 488 g/mol. The van der Waals surface area contributed by atoms with E-state index in [1.807, 2.05) is 26.2 Å². The minimum Gasteiger partial charge on any atom is -0.427 e. The van der Waals surface area contributed by atoms with Gasteiger partial charge in [-0.25, -0.2) is 0 Å². The van der Waals surface area contributed by atoms with E-state index < -0.39 is 11.2 Å². The maximum atomic E-state index is 10.4. The number of rotatable bonds is 5. The molecule has 5 heteroatoms. The normalized spacial score (nSPS) is 14.7. The highest BCUT2D eigenvalue weighted by molar-refractivity contribution is 6.47. The van der Waals surface area contributed by atoms with Crippen molar-refractivity contribution in [2.75, 3.05) is 0 Å². The molecule has 0 atom stereocenters. The van der Waals surface area contributed by atoms with E-state index in [1.165, 1.54) is 38.5 Å². The maximum absolute atomic E-state index is 10.4. The Morgan fingerprint density at radius 2 is 1.57 bits per heavy atom. The molecule has 1 aliphatic rings. The molecule has 3 aromatic carbocycles. The molecule has 0 aliphatic heterocycles. The third-order valence-corrected chi connectivity index (χ3v) is 8.54. The van der Waals surface area contributed by atoms with Crippen molar-refractivity contribution in [2.45, 2.75) is 58.2 Å². The molecule has 2 heterocycles. The Balaban J connectivity index is 1.47. The van der Waals surface area contributed by atoms with E-state index in [-0.39, 0.29) is 5.41 Å². The molecular formula is C32H33BN2O2. The summed E-state index contributed by atoms with van der Waals surface area (Å²) in [7, 11) is 0.436. The zero-order chi connectivity index (χ0) is 26.2. The lowest BCUT2D eigenvalue weighted by Crippen LogP contribution is -2.49. The van der Waals surface area contributed by atoms with E-state index in [1.54, 1.807) is 13.8 Å². The fourth-order valence-corrected chi connectivity index (χ4v) is 5.52. The van der Waals surface area contributed by atoms with Gasteiger partial charge in [-0.15, -0.1) is 0 Å². The van der Waals surface area contributed by atoms with Crippen molar-refractivity contribution in [3.05, 3.63) is 90.3 Å². The molecule has 0 saturated carbocycles. The lowest BCUT2D eigenvalue weighted by molar-refractivity contribution is -0.0893. The van der Waals surface area contributed by atoms with Crippen molar-refractivity contribution in [3.63, 3.8) is 0 Å². The summed E-state index contributed by atoms with van der Waals surface area (Å²) < 4.78 is 8.41. The van der Waals surface area contributed by atoms with E-state index in [2.05, 4.69) is 90.1 Å². The van der Waals surface area contributed by atoms with Crippen LogP contribution in [0.2, 0.25) is 0 Å². The molecule has 2 aromatic heterocycles. The van der Waals surface area contributed by atoms with Crippen LogP contribution in [0.3, 0.4) is 0 Å². The van der Waals surface area contributed by atoms with Crippen LogP contribution in [0.25, 0.3) is 38.6 Å². The van der Waals surface area contributed by atoms with Gasteiger partial charge >= 0.3 is 7.48 Å². The summed E-state index contributed by atoms with van der Waals surface area (Å²) in [6.07, 6.45) is 3.84. The molecular weight excluding hydrogens is 455 g/mol. The third kappa shape index (κ3) is 3.64. The van der Waals surface area contributed by atoms with E-state index in [0.717, 1.165) is 16.7 Å². The van der Waals surface area contributed by atoms with E-state index >= 15 is 0 Å². The van der Waals surface area contributed by atoms with Crippen LogP contribution < -0.4 is 5.46 Å². The molecule has 4 nitrogen and oxygen atoms in total. The minimum atomic E-state index is -0.934. The predicted molar refractivity (Wildman–Crippen MR) is 154 cm³/mol. The molecule has 1 aliphatic carbocycles. The van der Waals surface area contributed by atoms with Crippen molar-refractivity contribution in [1.82, 2.24) is 9.55 Å². The second-order valence-electron chi connectivity index (χ2n) is 11.8. The predicted octanol–water partition coefficient (Wildman–Crippen LogP) is 6.03. The lowest BCUT2D eigenvalue weighted by Gasteiger charge is -2.37. The summed E-state index contributed by atoms with van der Waals surface area (Å²) in [4.78, 5) is 4.47. The van der Waals surface area contributed by atoms with Gasteiger partial charge in [0, 0.05) is 28.1 Å². The fourth-order valence-electron chi connectivity index (χ4n) is 5.52. The lowest BCUT2D eigenvalue weighted by atomic mass is 9.82. The van der Waals surface area contributed by atoms with Crippen LogP contribution in [0.15, 0.2) is 79.1 Å². The Morgan fingerprint density at radius 1 is 0.838 bits per heavy atom. The second kappa shape index (κ2) is 8.05. The monoisotopic (exact) mass is 488 g/mol. The zero-order valence-corrected chi connectivity index (χ0v) is 22.5. The molecule has 0 spiro atoms. The van der Waals surface area contributed by atoms with Crippen molar-refractivity contribution < 1.29 is 9.76 Å². The molecule has 1 N–H and O–H groups in total. The van der Waals surface area contributed by atoms with Gasteiger partial charge in [0.1, 0.15) is 0 Å². The topological polar surface area (TPSA) is 47.3 Å². The van der Waals surface area contributed by atoms with Crippen molar-refractivity contribution >= 4 is 34.8 Å². The summed E-state index contributed by atoms with van der Waals surface area (Å²) >= 11 is 0. The van der Waals surface area contributed by atoms with Crippen LogP contribution in [-0.4, -0.2) is 33.3 Å². The van der Waals surface area contributed by atoms with Gasteiger partial charge in [0.25, 0.3) is 0 Å².